The third-order valence-electron chi connectivity index (χ3n) is 1.42. The summed E-state index contributed by atoms with van der Waals surface area (Å²) in [5.74, 6) is -0.0725. The lowest BCUT2D eigenvalue weighted by Gasteiger charge is -1.90. The summed E-state index contributed by atoms with van der Waals surface area (Å²) in [6.07, 6.45) is 2.76. The van der Waals surface area contributed by atoms with Crippen LogP contribution >= 0.6 is 0 Å². The number of carbonyl (C=O) groups excluding carboxylic acids is 1. The van der Waals surface area contributed by atoms with E-state index in [1.807, 2.05) is 0 Å². The van der Waals surface area contributed by atoms with Gasteiger partial charge in [-0.05, 0) is 6.42 Å². The monoisotopic (exact) mass is 141 g/mol. The number of hydrogen-bond acceptors (Lipinski definition) is 3. The second kappa shape index (κ2) is 2.60. The van der Waals surface area contributed by atoms with Crippen molar-refractivity contribution in [2.45, 2.75) is 12.8 Å². The highest BCUT2D eigenvalue weighted by atomic mass is 16.6. The highest BCUT2D eigenvalue weighted by Crippen LogP contribution is 2.13. The summed E-state index contributed by atoms with van der Waals surface area (Å²) in [6.45, 7) is -0.307. The first-order chi connectivity index (χ1) is 4.70. The molecule has 1 rings (SSSR count). The van der Waals surface area contributed by atoms with Gasteiger partial charge in [0, 0.05) is 11.3 Å². The quantitative estimate of drug-likeness (QED) is 0.416. The predicted octanol–water partition coefficient (Wildman–Crippen LogP) is 0.552. The maximum absolute atomic E-state index is 10.7. The topological polar surface area (TPSA) is 60.2 Å². The number of nitrogens with zero attached hydrogens (tertiary/aromatic N) is 1. The van der Waals surface area contributed by atoms with E-state index in [4.69, 9.17) is 0 Å². The minimum atomic E-state index is -0.477. The fourth-order valence-corrected chi connectivity index (χ4v) is 0.944. The molecule has 0 N–H and O–H groups in total. The van der Waals surface area contributed by atoms with Crippen LogP contribution in [0.15, 0.2) is 11.6 Å². The molecular weight excluding hydrogens is 134 g/mol. The Morgan fingerprint density at radius 1 is 1.70 bits per heavy atom. The minimum Gasteiger partial charge on any atom is -0.294 e. The van der Waals surface area contributed by atoms with Crippen LogP contribution in [0.3, 0.4) is 0 Å². The lowest BCUT2D eigenvalue weighted by atomic mass is 10.2. The molecule has 0 spiro atoms. The summed E-state index contributed by atoms with van der Waals surface area (Å²) in [5, 5.41) is 9.91. The fourth-order valence-electron chi connectivity index (χ4n) is 0.944. The number of Topliss-reactive ketones (excluding diaryl/α,β-unsaturated/α-hetero) is 1. The van der Waals surface area contributed by atoms with Crippen molar-refractivity contribution in [3.05, 3.63) is 21.8 Å². The number of ketones is 1. The third kappa shape index (κ3) is 1.40. The molecule has 4 heteroatoms. The Balaban J connectivity index is 2.56. The first-order valence-electron chi connectivity index (χ1n) is 3.04. The highest BCUT2D eigenvalue weighted by Gasteiger charge is 2.18. The number of hydrogen-bond donors (Lipinski definition) is 0. The molecule has 0 aromatic rings. The Morgan fingerprint density at radius 2 is 2.40 bits per heavy atom. The number of nitro groups is 1. The number of allylic oxidation sites excluding steroid dienone is 1. The summed E-state index contributed by atoms with van der Waals surface area (Å²) in [6, 6.07) is 0. The Labute approximate surface area is 57.7 Å². The lowest BCUT2D eigenvalue weighted by molar-refractivity contribution is -0.470. The second-order valence-electron chi connectivity index (χ2n) is 2.18. The van der Waals surface area contributed by atoms with Gasteiger partial charge in [-0.3, -0.25) is 14.9 Å². The number of rotatable bonds is 2. The van der Waals surface area contributed by atoms with Gasteiger partial charge in [-0.25, -0.2) is 0 Å². The largest absolute Gasteiger partial charge is 0.294 e. The van der Waals surface area contributed by atoms with Crippen LogP contribution in [0, 0.1) is 10.1 Å². The van der Waals surface area contributed by atoms with Crippen LogP contribution < -0.4 is 0 Å². The van der Waals surface area contributed by atoms with Gasteiger partial charge < -0.3 is 0 Å². The highest BCUT2D eigenvalue weighted by molar-refractivity contribution is 5.97. The van der Waals surface area contributed by atoms with E-state index in [9.17, 15) is 14.9 Å². The van der Waals surface area contributed by atoms with Crippen molar-refractivity contribution >= 4 is 5.78 Å². The average molecular weight is 141 g/mol. The van der Waals surface area contributed by atoms with Gasteiger partial charge in [-0.15, -0.1) is 0 Å². The number of carbonyl (C=O) groups is 1. The summed E-state index contributed by atoms with van der Waals surface area (Å²) in [4.78, 5) is 20.2. The molecule has 0 aromatic carbocycles. The normalized spacial score (nSPS) is 17.2. The summed E-state index contributed by atoms with van der Waals surface area (Å²) < 4.78 is 0. The molecule has 10 heavy (non-hydrogen) atoms. The van der Waals surface area contributed by atoms with Gasteiger partial charge in [0.25, 0.3) is 0 Å². The smallest absolute Gasteiger partial charge is 0.232 e. The molecule has 0 radical (unpaired) electrons. The van der Waals surface area contributed by atoms with Gasteiger partial charge in [-0.2, -0.15) is 0 Å². The van der Waals surface area contributed by atoms with E-state index >= 15 is 0 Å². The molecule has 0 heterocycles. The van der Waals surface area contributed by atoms with Gasteiger partial charge in [0.2, 0.25) is 6.54 Å². The summed E-state index contributed by atoms with van der Waals surface area (Å²) in [7, 11) is 0. The van der Waals surface area contributed by atoms with Crippen molar-refractivity contribution in [3.63, 3.8) is 0 Å². The standard InChI is InChI=1S/C6H7NO3/c8-6-3-1-2-5(6)4-7(9)10/h2H,1,3-4H2. The zero-order chi connectivity index (χ0) is 7.56. The zero-order valence-electron chi connectivity index (χ0n) is 5.37. The molecule has 54 valence electrons. The van der Waals surface area contributed by atoms with Crippen LogP contribution in [0.5, 0.6) is 0 Å². The van der Waals surface area contributed by atoms with Crippen LogP contribution in [-0.4, -0.2) is 17.3 Å². The Bertz CT molecular complexity index is 207. The Hall–Kier alpha value is -1.19. The zero-order valence-corrected chi connectivity index (χ0v) is 5.37. The Kier molecular flexibility index (Phi) is 1.80. The first kappa shape index (κ1) is 6.92. The molecular formula is C6H7NO3. The van der Waals surface area contributed by atoms with Gasteiger partial charge in [0.05, 0.1) is 5.57 Å². The van der Waals surface area contributed by atoms with Crippen molar-refractivity contribution in [2.75, 3.05) is 6.54 Å². The summed E-state index contributed by atoms with van der Waals surface area (Å²) >= 11 is 0. The van der Waals surface area contributed by atoms with E-state index in [1.54, 1.807) is 6.08 Å². The van der Waals surface area contributed by atoms with Crippen molar-refractivity contribution < 1.29 is 9.72 Å². The minimum absolute atomic E-state index is 0.0725. The molecule has 0 saturated heterocycles. The lowest BCUT2D eigenvalue weighted by Crippen LogP contribution is -2.08. The SMILES string of the molecule is O=C1CCC=C1C[N+](=O)[O-]. The maximum atomic E-state index is 10.7. The predicted molar refractivity (Wildman–Crippen MR) is 34.2 cm³/mol. The van der Waals surface area contributed by atoms with E-state index in [1.165, 1.54) is 0 Å². The molecule has 0 amide bonds. The maximum Gasteiger partial charge on any atom is 0.232 e. The van der Waals surface area contributed by atoms with Crippen molar-refractivity contribution in [1.29, 1.82) is 0 Å². The molecule has 1 aliphatic rings. The van der Waals surface area contributed by atoms with E-state index in [0.717, 1.165) is 0 Å². The van der Waals surface area contributed by atoms with Crippen LogP contribution in [0.1, 0.15) is 12.8 Å². The molecule has 0 unspecified atom stereocenters. The second-order valence-corrected chi connectivity index (χ2v) is 2.18. The fraction of sp³-hybridized carbons (Fsp3) is 0.500. The molecule has 0 saturated carbocycles. The van der Waals surface area contributed by atoms with Gasteiger partial charge in [-0.1, -0.05) is 6.08 Å². The van der Waals surface area contributed by atoms with E-state index in [0.29, 0.717) is 18.4 Å². The molecule has 4 nitrogen and oxygen atoms in total. The first-order valence-corrected chi connectivity index (χ1v) is 3.04. The summed E-state index contributed by atoms with van der Waals surface area (Å²) in [5.41, 5.74) is 0.366. The van der Waals surface area contributed by atoms with E-state index in [-0.39, 0.29) is 12.3 Å². The van der Waals surface area contributed by atoms with Crippen LogP contribution in [0.2, 0.25) is 0 Å². The molecule has 1 aliphatic carbocycles. The van der Waals surface area contributed by atoms with Crippen molar-refractivity contribution in [1.82, 2.24) is 0 Å². The van der Waals surface area contributed by atoms with Crippen LogP contribution in [-0.2, 0) is 4.79 Å². The molecule has 0 bridgehead atoms. The van der Waals surface area contributed by atoms with Gasteiger partial charge in [0.1, 0.15) is 0 Å². The van der Waals surface area contributed by atoms with Gasteiger partial charge >= 0.3 is 0 Å². The van der Waals surface area contributed by atoms with E-state index < -0.39 is 4.92 Å². The molecule has 0 aliphatic heterocycles. The van der Waals surface area contributed by atoms with Crippen LogP contribution in [0.4, 0.5) is 0 Å². The Morgan fingerprint density at radius 3 is 2.80 bits per heavy atom. The average Bonchev–Trinajstić information content (AvgIpc) is 2.15. The third-order valence-corrected chi connectivity index (χ3v) is 1.42. The van der Waals surface area contributed by atoms with Gasteiger partial charge in [0.15, 0.2) is 5.78 Å². The van der Waals surface area contributed by atoms with E-state index in [2.05, 4.69) is 0 Å². The van der Waals surface area contributed by atoms with Crippen LogP contribution in [0.25, 0.3) is 0 Å². The molecule has 0 fully saturated rings. The van der Waals surface area contributed by atoms with Crippen molar-refractivity contribution in [2.24, 2.45) is 0 Å². The molecule has 0 atom stereocenters. The molecule has 0 aromatic heterocycles. The van der Waals surface area contributed by atoms with Crippen molar-refractivity contribution in [3.8, 4) is 0 Å².